The number of nitrogens with one attached hydrogen (secondary N) is 2. The van der Waals surface area contributed by atoms with Crippen LogP contribution in [0.3, 0.4) is 0 Å². The Labute approximate surface area is 154 Å². The molecule has 3 rings (SSSR count). The van der Waals surface area contributed by atoms with Crippen molar-refractivity contribution in [2.45, 2.75) is 32.9 Å². The minimum Gasteiger partial charge on any atom is -0.325 e. The molecule has 1 saturated carbocycles. The summed E-state index contributed by atoms with van der Waals surface area (Å²) >= 11 is 0. The topological polar surface area (TPSA) is 58.2 Å². The van der Waals surface area contributed by atoms with Crippen LogP contribution in [0.4, 0.5) is 24.5 Å². The van der Waals surface area contributed by atoms with Crippen molar-refractivity contribution < 1.29 is 22.8 Å². The van der Waals surface area contributed by atoms with Gasteiger partial charge in [-0.3, -0.25) is 9.59 Å². The van der Waals surface area contributed by atoms with Crippen LogP contribution >= 0.6 is 0 Å². The molecule has 0 aromatic heterocycles. The summed E-state index contributed by atoms with van der Waals surface area (Å²) < 4.78 is 39.3. The molecule has 1 fully saturated rings. The van der Waals surface area contributed by atoms with Crippen LogP contribution in [0, 0.1) is 19.3 Å². The van der Waals surface area contributed by atoms with E-state index in [-0.39, 0.29) is 5.69 Å². The lowest BCUT2D eigenvalue weighted by molar-refractivity contribution is -0.137. The predicted octanol–water partition coefficient (Wildman–Crippen LogP) is 4.68. The van der Waals surface area contributed by atoms with Gasteiger partial charge in [-0.05, 0) is 62.1 Å². The van der Waals surface area contributed by atoms with Crippen LogP contribution in [-0.4, -0.2) is 11.8 Å². The van der Waals surface area contributed by atoms with Crippen LogP contribution < -0.4 is 10.6 Å². The smallest absolute Gasteiger partial charge is 0.325 e. The molecule has 2 aromatic carbocycles. The Morgan fingerprint density at radius 2 is 1.48 bits per heavy atom. The molecule has 0 heterocycles. The molecule has 4 nitrogen and oxygen atoms in total. The van der Waals surface area contributed by atoms with Crippen LogP contribution in [0.15, 0.2) is 42.5 Å². The van der Waals surface area contributed by atoms with Gasteiger partial charge in [0, 0.05) is 5.69 Å². The summed E-state index contributed by atoms with van der Waals surface area (Å²) in [6.07, 6.45) is -4.00. The summed E-state index contributed by atoms with van der Waals surface area (Å²) in [6.45, 7) is 3.77. The Balaban J connectivity index is 1.78. The van der Waals surface area contributed by atoms with Gasteiger partial charge in [0.15, 0.2) is 0 Å². The average Bonchev–Trinajstić information content (AvgIpc) is 3.35. The van der Waals surface area contributed by atoms with Crippen LogP contribution in [0.25, 0.3) is 0 Å². The molecule has 0 bridgehead atoms. The molecule has 1 aliphatic rings. The fourth-order valence-corrected chi connectivity index (χ4v) is 3.06. The molecule has 2 amide bonds. The molecule has 2 N–H and O–H groups in total. The number of benzene rings is 2. The maximum absolute atomic E-state index is 13.1. The number of carbonyl (C=O) groups is 2. The number of para-hydroxylation sites is 1. The van der Waals surface area contributed by atoms with Gasteiger partial charge < -0.3 is 10.6 Å². The quantitative estimate of drug-likeness (QED) is 0.762. The van der Waals surface area contributed by atoms with Crippen molar-refractivity contribution in [3.05, 3.63) is 59.2 Å². The highest BCUT2D eigenvalue weighted by molar-refractivity contribution is 6.17. The second kappa shape index (κ2) is 6.72. The maximum atomic E-state index is 13.1. The number of anilines is 2. The van der Waals surface area contributed by atoms with E-state index in [0.717, 1.165) is 17.2 Å². The zero-order valence-electron chi connectivity index (χ0n) is 14.9. The third-order valence-electron chi connectivity index (χ3n) is 4.58. The number of halogens is 3. The van der Waals surface area contributed by atoms with Gasteiger partial charge in [0.1, 0.15) is 5.41 Å². The lowest BCUT2D eigenvalue weighted by atomic mass is 10.0. The third kappa shape index (κ3) is 3.97. The minimum atomic E-state index is -4.60. The van der Waals surface area contributed by atoms with Crippen LogP contribution in [0.2, 0.25) is 0 Å². The van der Waals surface area contributed by atoms with Crippen molar-refractivity contribution in [1.29, 1.82) is 0 Å². The maximum Gasteiger partial charge on any atom is 0.418 e. The molecule has 0 atom stereocenters. The Hall–Kier alpha value is -2.83. The van der Waals surface area contributed by atoms with Crippen LogP contribution in [-0.2, 0) is 15.8 Å². The van der Waals surface area contributed by atoms with Gasteiger partial charge in [0.05, 0.1) is 11.3 Å². The first-order valence-corrected chi connectivity index (χ1v) is 8.49. The largest absolute Gasteiger partial charge is 0.418 e. The van der Waals surface area contributed by atoms with E-state index in [2.05, 4.69) is 10.6 Å². The predicted molar refractivity (Wildman–Crippen MR) is 96.3 cm³/mol. The molecule has 2 aromatic rings. The number of alkyl halides is 3. The number of rotatable bonds is 4. The number of carbonyl (C=O) groups excluding carboxylic acids is 2. The molecule has 0 spiro atoms. The Morgan fingerprint density at radius 1 is 0.926 bits per heavy atom. The van der Waals surface area contributed by atoms with E-state index in [1.807, 2.05) is 19.9 Å². The standard InChI is InChI=1S/C20H19F3N2O2/c1-12-9-13(2)11-14(10-12)24-17(26)19(7-8-19)18(27)25-16-6-4-3-5-15(16)20(21,22)23/h3-6,9-11H,7-8H2,1-2H3,(H,24,26)(H,25,27). The number of amides is 2. The van der Waals surface area contributed by atoms with Crippen molar-refractivity contribution in [2.24, 2.45) is 5.41 Å². The lowest BCUT2D eigenvalue weighted by Crippen LogP contribution is -2.36. The van der Waals surface area contributed by atoms with Gasteiger partial charge >= 0.3 is 6.18 Å². The molecule has 142 valence electrons. The highest BCUT2D eigenvalue weighted by Gasteiger charge is 2.56. The second-order valence-corrected chi connectivity index (χ2v) is 6.91. The van der Waals surface area contributed by atoms with Gasteiger partial charge in [-0.1, -0.05) is 18.2 Å². The number of hydrogen-bond acceptors (Lipinski definition) is 2. The summed E-state index contributed by atoms with van der Waals surface area (Å²) in [5.41, 5.74) is -0.148. The van der Waals surface area contributed by atoms with Crippen molar-refractivity contribution in [1.82, 2.24) is 0 Å². The Bertz CT molecular complexity index is 882. The van der Waals surface area contributed by atoms with Gasteiger partial charge in [-0.25, -0.2) is 0 Å². The lowest BCUT2D eigenvalue weighted by Gasteiger charge is -2.18. The summed E-state index contributed by atoms with van der Waals surface area (Å²) in [5.74, 6) is -1.23. The molecule has 7 heteroatoms. The van der Waals surface area contributed by atoms with Gasteiger partial charge in [-0.2, -0.15) is 13.2 Å². The van der Waals surface area contributed by atoms with E-state index in [1.165, 1.54) is 18.2 Å². The van der Waals surface area contributed by atoms with Gasteiger partial charge in [0.25, 0.3) is 0 Å². The molecule has 27 heavy (non-hydrogen) atoms. The van der Waals surface area contributed by atoms with Crippen molar-refractivity contribution in [3.63, 3.8) is 0 Å². The van der Waals surface area contributed by atoms with Crippen LogP contribution in [0.5, 0.6) is 0 Å². The monoisotopic (exact) mass is 376 g/mol. The van der Waals surface area contributed by atoms with E-state index in [4.69, 9.17) is 0 Å². The van der Waals surface area contributed by atoms with E-state index in [9.17, 15) is 22.8 Å². The van der Waals surface area contributed by atoms with Crippen molar-refractivity contribution >= 4 is 23.2 Å². The summed E-state index contributed by atoms with van der Waals surface area (Å²) in [7, 11) is 0. The zero-order chi connectivity index (χ0) is 19.8. The van der Waals surface area contributed by atoms with Gasteiger partial charge in [0.2, 0.25) is 11.8 Å². The summed E-state index contributed by atoms with van der Waals surface area (Å²) in [4.78, 5) is 25.2. The molecular formula is C20H19F3N2O2. The van der Waals surface area contributed by atoms with Gasteiger partial charge in [-0.15, -0.1) is 0 Å². The van der Waals surface area contributed by atoms with Crippen molar-refractivity contribution in [2.75, 3.05) is 10.6 Å². The van der Waals surface area contributed by atoms with E-state index < -0.39 is 29.0 Å². The van der Waals surface area contributed by atoms with E-state index >= 15 is 0 Å². The average molecular weight is 376 g/mol. The summed E-state index contributed by atoms with van der Waals surface area (Å²) in [6, 6.07) is 10.2. The fraction of sp³-hybridized carbons (Fsp3) is 0.300. The highest BCUT2D eigenvalue weighted by atomic mass is 19.4. The first kappa shape index (κ1) is 18.9. The molecule has 0 aliphatic heterocycles. The molecule has 0 unspecified atom stereocenters. The summed E-state index contributed by atoms with van der Waals surface area (Å²) in [5, 5.41) is 5.01. The first-order chi connectivity index (χ1) is 12.6. The molecular weight excluding hydrogens is 357 g/mol. The fourth-order valence-electron chi connectivity index (χ4n) is 3.06. The van der Waals surface area contributed by atoms with Crippen molar-refractivity contribution in [3.8, 4) is 0 Å². The first-order valence-electron chi connectivity index (χ1n) is 8.49. The van der Waals surface area contributed by atoms with E-state index in [0.29, 0.717) is 18.5 Å². The Kier molecular flexibility index (Phi) is 4.71. The molecule has 0 radical (unpaired) electrons. The van der Waals surface area contributed by atoms with Crippen LogP contribution in [0.1, 0.15) is 29.5 Å². The van der Waals surface area contributed by atoms with E-state index in [1.54, 1.807) is 12.1 Å². The zero-order valence-corrected chi connectivity index (χ0v) is 14.9. The SMILES string of the molecule is Cc1cc(C)cc(NC(=O)C2(C(=O)Nc3ccccc3C(F)(F)F)CC2)c1. The minimum absolute atomic E-state index is 0.295. The molecule has 1 aliphatic carbocycles. The molecule has 0 saturated heterocycles. The number of hydrogen-bond donors (Lipinski definition) is 2. The Morgan fingerprint density at radius 3 is 2.04 bits per heavy atom. The normalized spacial score (nSPS) is 15.1. The third-order valence-corrected chi connectivity index (χ3v) is 4.58. The second-order valence-electron chi connectivity index (χ2n) is 6.91. The number of aryl methyl sites for hydroxylation is 2. The highest BCUT2D eigenvalue weighted by Crippen LogP contribution is 2.48.